The summed E-state index contributed by atoms with van der Waals surface area (Å²) in [5.74, 6) is -1.16. The first-order valence-corrected chi connectivity index (χ1v) is 12.3. The number of carbonyl (C=O) groups excluding carboxylic acids is 1. The fourth-order valence-corrected chi connectivity index (χ4v) is 5.51. The molecule has 2 heterocycles. The largest absolute Gasteiger partial charge is 0.326 e. The lowest BCUT2D eigenvalue weighted by Gasteiger charge is -2.13. The monoisotopic (exact) mass is 460 g/mol. The molecule has 0 aliphatic heterocycles. The first-order valence-electron chi connectivity index (χ1n) is 9.84. The van der Waals surface area contributed by atoms with E-state index in [9.17, 15) is 17.6 Å². The van der Waals surface area contributed by atoms with Gasteiger partial charge >= 0.3 is 0 Å². The van der Waals surface area contributed by atoms with E-state index in [4.69, 9.17) is 0 Å². The standard InChI is InChI=1S/C21H21FN4O3S2/c1-2-18(19-12-30-21(25-19)26-31(28,29)17-7-8-17)20(27)24-16-5-3-13(4-6-16)14-9-15(22)11-23-10-14/h3-6,9-12,17-18H,2,7-8H2,1H3,(H,24,27)(H,25,26)/t18-/m0/s1. The first kappa shape index (κ1) is 21.4. The third-order valence-electron chi connectivity index (χ3n) is 4.99. The van der Waals surface area contributed by atoms with Crippen LogP contribution in [0.3, 0.4) is 0 Å². The molecular formula is C21H21FN4O3S2. The molecule has 2 N–H and O–H groups in total. The second-order valence-corrected chi connectivity index (χ2v) is 10.2. The van der Waals surface area contributed by atoms with E-state index in [0.29, 0.717) is 36.2 Å². The Labute approximate surface area is 183 Å². The Hall–Kier alpha value is -2.85. The Kier molecular flexibility index (Phi) is 6.01. The van der Waals surface area contributed by atoms with Crippen molar-refractivity contribution in [3.63, 3.8) is 0 Å². The van der Waals surface area contributed by atoms with Crippen molar-refractivity contribution >= 4 is 38.1 Å². The van der Waals surface area contributed by atoms with E-state index >= 15 is 0 Å². The van der Waals surface area contributed by atoms with E-state index in [1.165, 1.54) is 17.4 Å². The van der Waals surface area contributed by atoms with Crippen LogP contribution in [0.25, 0.3) is 11.1 Å². The van der Waals surface area contributed by atoms with E-state index in [2.05, 4.69) is 20.0 Å². The lowest BCUT2D eigenvalue weighted by Crippen LogP contribution is -2.21. The molecule has 0 spiro atoms. The normalized spacial score (nSPS) is 14.8. The van der Waals surface area contributed by atoms with Crippen LogP contribution in [0.5, 0.6) is 0 Å². The number of amides is 1. The molecule has 1 aliphatic carbocycles. The van der Waals surface area contributed by atoms with Gasteiger partial charge in [0.05, 0.1) is 23.1 Å². The van der Waals surface area contributed by atoms with Gasteiger partial charge in [0.2, 0.25) is 15.9 Å². The van der Waals surface area contributed by atoms with E-state index < -0.39 is 21.8 Å². The van der Waals surface area contributed by atoms with Crippen molar-refractivity contribution in [2.24, 2.45) is 0 Å². The molecule has 1 amide bonds. The molecule has 0 bridgehead atoms. The Morgan fingerprint density at radius 1 is 1.23 bits per heavy atom. The molecule has 3 aromatic rings. The predicted molar refractivity (Wildman–Crippen MR) is 119 cm³/mol. The number of hydrogen-bond acceptors (Lipinski definition) is 6. The van der Waals surface area contributed by atoms with Gasteiger partial charge in [0.15, 0.2) is 5.13 Å². The molecule has 0 radical (unpaired) electrons. The van der Waals surface area contributed by atoms with Crippen LogP contribution in [0.15, 0.2) is 48.1 Å². The second kappa shape index (κ2) is 8.72. The van der Waals surface area contributed by atoms with Gasteiger partial charge in [-0.1, -0.05) is 19.1 Å². The summed E-state index contributed by atoms with van der Waals surface area (Å²) in [5, 5.41) is 4.51. The highest BCUT2D eigenvalue weighted by molar-refractivity contribution is 7.93. The van der Waals surface area contributed by atoms with Crippen molar-refractivity contribution in [2.45, 2.75) is 37.4 Å². The highest BCUT2D eigenvalue weighted by Gasteiger charge is 2.36. The molecular weight excluding hydrogens is 439 g/mol. The number of benzene rings is 1. The lowest BCUT2D eigenvalue weighted by molar-refractivity contribution is -0.117. The van der Waals surface area contributed by atoms with Crippen molar-refractivity contribution in [1.29, 1.82) is 0 Å². The molecule has 162 valence electrons. The molecule has 0 saturated heterocycles. The van der Waals surface area contributed by atoms with Crippen LogP contribution >= 0.6 is 11.3 Å². The third-order valence-corrected chi connectivity index (χ3v) is 7.72. The van der Waals surface area contributed by atoms with Crippen molar-refractivity contribution in [3.05, 3.63) is 59.6 Å². The molecule has 0 unspecified atom stereocenters. The van der Waals surface area contributed by atoms with E-state index in [1.807, 2.05) is 6.92 Å². The van der Waals surface area contributed by atoms with Gasteiger partial charge in [-0.3, -0.25) is 14.5 Å². The minimum absolute atomic E-state index is 0.232. The van der Waals surface area contributed by atoms with E-state index in [0.717, 1.165) is 11.8 Å². The molecule has 1 saturated carbocycles. The quantitative estimate of drug-likeness (QED) is 0.520. The summed E-state index contributed by atoms with van der Waals surface area (Å²) in [6.45, 7) is 1.87. The summed E-state index contributed by atoms with van der Waals surface area (Å²) in [6.07, 6.45) is 4.56. The summed E-state index contributed by atoms with van der Waals surface area (Å²) >= 11 is 1.17. The van der Waals surface area contributed by atoms with Crippen LogP contribution in [0.4, 0.5) is 15.2 Å². The Morgan fingerprint density at radius 3 is 2.61 bits per heavy atom. The number of sulfonamides is 1. The maximum absolute atomic E-state index is 13.4. The fourth-order valence-electron chi connectivity index (χ4n) is 3.15. The molecule has 31 heavy (non-hydrogen) atoms. The van der Waals surface area contributed by atoms with E-state index in [-0.39, 0.29) is 16.3 Å². The maximum Gasteiger partial charge on any atom is 0.237 e. The molecule has 4 rings (SSSR count). The molecule has 10 heteroatoms. The molecule has 2 aromatic heterocycles. The van der Waals surface area contributed by atoms with Gasteiger partial charge in [-0.15, -0.1) is 11.3 Å². The number of nitrogens with zero attached hydrogens (tertiary/aromatic N) is 2. The summed E-state index contributed by atoms with van der Waals surface area (Å²) in [4.78, 5) is 21.0. The van der Waals surface area contributed by atoms with Crippen LogP contribution in [-0.4, -0.2) is 29.5 Å². The molecule has 7 nitrogen and oxygen atoms in total. The lowest BCUT2D eigenvalue weighted by atomic mass is 10.0. The van der Waals surface area contributed by atoms with Gasteiger partial charge in [0, 0.05) is 22.8 Å². The zero-order valence-electron chi connectivity index (χ0n) is 16.7. The number of pyridine rings is 1. The average molecular weight is 461 g/mol. The number of nitrogens with one attached hydrogen (secondary N) is 2. The minimum Gasteiger partial charge on any atom is -0.326 e. The highest BCUT2D eigenvalue weighted by Crippen LogP contribution is 2.32. The Morgan fingerprint density at radius 2 is 1.97 bits per heavy atom. The number of aromatic nitrogens is 2. The first-order chi connectivity index (χ1) is 14.9. The van der Waals surface area contributed by atoms with Gasteiger partial charge < -0.3 is 5.32 Å². The maximum atomic E-state index is 13.4. The highest BCUT2D eigenvalue weighted by atomic mass is 32.2. The smallest absolute Gasteiger partial charge is 0.237 e. The summed E-state index contributed by atoms with van der Waals surface area (Å²) in [5.41, 5.74) is 2.56. The third kappa shape index (κ3) is 5.08. The zero-order valence-corrected chi connectivity index (χ0v) is 18.3. The van der Waals surface area contributed by atoms with Gasteiger partial charge in [-0.25, -0.2) is 17.8 Å². The summed E-state index contributed by atoms with van der Waals surface area (Å²) < 4.78 is 40.0. The van der Waals surface area contributed by atoms with Gasteiger partial charge in [-0.2, -0.15) is 0 Å². The number of carbonyl (C=O) groups is 1. The molecule has 1 aromatic carbocycles. The SMILES string of the molecule is CC[C@H](C(=O)Nc1ccc(-c2cncc(F)c2)cc1)c1csc(NS(=O)(=O)C2CC2)n1. The molecule has 1 fully saturated rings. The number of halogens is 1. The van der Waals surface area contributed by atoms with Crippen molar-refractivity contribution < 1.29 is 17.6 Å². The number of anilines is 2. The van der Waals surface area contributed by atoms with Crippen LogP contribution in [0.1, 0.15) is 37.8 Å². The number of hydrogen-bond donors (Lipinski definition) is 2. The van der Waals surface area contributed by atoms with Crippen LogP contribution in [0.2, 0.25) is 0 Å². The number of rotatable bonds is 8. The van der Waals surface area contributed by atoms with Crippen molar-refractivity contribution in [3.8, 4) is 11.1 Å². The van der Waals surface area contributed by atoms with Gasteiger partial charge in [0.1, 0.15) is 5.82 Å². The Bertz CT molecular complexity index is 1190. The zero-order chi connectivity index (χ0) is 22.0. The number of thiazole rings is 1. The summed E-state index contributed by atoms with van der Waals surface area (Å²) in [6, 6.07) is 8.43. The van der Waals surface area contributed by atoms with Crippen LogP contribution < -0.4 is 10.0 Å². The summed E-state index contributed by atoms with van der Waals surface area (Å²) in [7, 11) is -3.39. The van der Waals surface area contributed by atoms with Gasteiger partial charge in [0.25, 0.3) is 0 Å². The Balaban J connectivity index is 1.43. The van der Waals surface area contributed by atoms with E-state index in [1.54, 1.807) is 35.8 Å². The average Bonchev–Trinajstić information content (AvgIpc) is 3.51. The van der Waals surface area contributed by atoms with Gasteiger partial charge in [-0.05, 0) is 43.0 Å². The topological polar surface area (TPSA) is 101 Å². The van der Waals surface area contributed by atoms with Crippen LogP contribution in [0, 0.1) is 5.82 Å². The van der Waals surface area contributed by atoms with Crippen molar-refractivity contribution in [2.75, 3.05) is 10.0 Å². The van der Waals surface area contributed by atoms with Crippen LogP contribution in [-0.2, 0) is 14.8 Å². The molecule has 1 aliphatic rings. The molecule has 1 atom stereocenters. The van der Waals surface area contributed by atoms with Crippen molar-refractivity contribution in [1.82, 2.24) is 9.97 Å². The fraction of sp³-hybridized carbons (Fsp3) is 0.286. The second-order valence-electron chi connectivity index (χ2n) is 7.34. The minimum atomic E-state index is -3.39. The predicted octanol–water partition coefficient (Wildman–Crippen LogP) is 4.38.